The molecule has 0 spiro atoms. The fraction of sp³-hybridized carbons (Fsp3) is 0.667. The van der Waals surface area contributed by atoms with Crippen molar-refractivity contribution >= 4 is 11.8 Å². The molecule has 100 valence electrons. The Morgan fingerprint density at radius 2 is 2.17 bits per heavy atom. The Labute approximate surface area is 108 Å². The summed E-state index contributed by atoms with van der Waals surface area (Å²) in [7, 11) is 2.13. The molecule has 1 aromatic heterocycles. The van der Waals surface area contributed by atoms with E-state index in [1.165, 1.54) is 0 Å². The van der Waals surface area contributed by atoms with Crippen LogP contribution in [0.3, 0.4) is 0 Å². The molecule has 1 aromatic rings. The van der Waals surface area contributed by atoms with Crippen LogP contribution in [0.25, 0.3) is 0 Å². The van der Waals surface area contributed by atoms with Gasteiger partial charge in [0, 0.05) is 25.7 Å². The van der Waals surface area contributed by atoms with E-state index < -0.39 is 0 Å². The summed E-state index contributed by atoms with van der Waals surface area (Å²) in [4.78, 5) is 10.5. The lowest BCUT2D eigenvalue weighted by Gasteiger charge is -2.28. The summed E-state index contributed by atoms with van der Waals surface area (Å²) in [5, 5.41) is 3.11. The van der Waals surface area contributed by atoms with Crippen LogP contribution in [0.5, 0.6) is 5.88 Å². The van der Waals surface area contributed by atoms with Gasteiger partial charge in [0.15, 0.2) is 0 Å². The van der Waals surface area contributed by atoms with Crippen molar-refractivity contribution in [1.82, 2.24) is 14.9 Å². The molecule has 2 heterocycles. The third-order valence-corrected chi connectivity index (χ3v) is 3.03. The van der Waals surface area contributed by atoms with Crippen molar-refractivity contribution in [2.24, 2.45) is 0 Å². The minimum atomic E-state index is 0.227. The summed E-state index contributed by atoms with van der Waals surface area (Å²) in [5.74, 6) is 1.53. The van der Waals surface area contributed by atoms with Gasteiger partial charge >= 0.3 is 0 Å². The first-order chi connectivity index (χ1) is 8.67. The number of nitrogens with two attached hydrogens (primary N) is 1. The molecule has 18 heavy (non-hydrogen) atoms. The fourth-order valence-corrected chi connectivity index (χ4v) is 2.05. The third-order valence-electron chi connectivity index (χ3n) is 3.03. The molecule has 6 nitrogen and oxygen atoms in total. The Bertz CT molecular complexity index is 390. The predicted octanol–water partition coefficient (Wildman–Crippen LogP) is 0.964. The van der Waals surface area contributed by atoms with Crippen molar-refractivity contribution in [2.75, 3.05) is 37.7 Å². The molecule has 1 aliphatic heterocycles. The second-order valence-electron chi connectivity index (χ2n) is 4.60. The Morgan fingerprint density at radius 1 is 1.44 bits per heavy atom. The van der Waals surface area contributed by atoms with Gasteiger partial charge in [0.25, 0.3) is 0 Å². The largest absolute Gasteiger partial charge is 0.474 e. The van der Waals surface area contributed by atoms with Crippen LogP contribution < -0.4 is 15.8 Å². The second-order valence-corrected chi connectivity index (χ2v) is 4.60. The van der Waals surface area contributed by atoms with Crippen LogP contribution in [-0.2, 0) is 0 Å². The Hall–Kier alpha value is -1.56. The second kappa shape index (κ2) is 5.86. The van der Waals surface area contributed by atoms with Crippen LogP contribution in [0.15, 0.2) is 6.07 Å². The molecule has 0 unspecified atom stereocenters. The van der Waals surface area contributed by atoms with Crippen molar-refractivity contribution < 1.29 is 4.74 Å². The summed E-state index contributed by atoms with van der Waals surface area (Å²) in [5.41, 5.74) is 5.67. The summed E-state index contributed by atoms with van der Waals surface area (Å²) >= 11 is 0. The first-order valence-corrected chi connectivity index (χ1v) is 6.41. The Morgan fingerprint density at radius 3 is 2.83 bits per heavy atom. The molecule has 1 saturated heterocycles. The number of hydrogen-bond acceptors (Lipinski definition) is 6. The van der Waals surface area contributed by atoms with Crippen molar-refractivity contribution in [3.63, 3.8) is 0 Å². The first kappa shape index (κ1) is 12.9. The average Bonchev–Trinajstić information content (AvgIpc) is 2.32. The van der Waals surface area contributed by atoms with Crippen LogP contribution in [0.2, 0.25) is 0 Å². The quantitative estimate of drug-likeness (QED) is 0.830. The minimum Gasteiger partial charge on any atom is -0.474 e. The molecule has 1 fully saturated rings. The molecule has 0 bridgehead atoms. The standard InChI is InChI=1S/C12H21N5O/c1-3-14-10-8-11(16-12(13)15-10)18-9-4-6-17(2)7-5-9/h8-9H,3-7H2,1-2H3,(H3,13,14,15,16). The number of likely N-dealkylation sites (tertiary alicyclic amines) is 1. The van der Waals surface area contributed by atoms with E-state index in [1.807, 2.05) is 6.92 Å². The number of rotatable bonds is 4. The van der Waals surface area contributed by atoms with Crippen molar-refractivity contribution in [2.45, 2.75) is 25.9 Å². The van der Waals surface area contributed by atoms with Crippen LogP contribution in [0.1, 0.15) is 19.8 Å². The molecule has 0 amide bonds. The smallest absolute Gasteiger partial charge is 0.225 e. The van der Waals surface area contributed by atoms with Crippen molar-refractivity contribution in [3.8, 4) is 5.88 Å². The molecule has 0 atom stereocenters. The average molecular weight is 251 g/mol. The fourth-order valence-electron chi connectivity index (χ4n) is 2.05. The molecule has 0 aromatic carbocycles. The van der Waals surface area contributed by atoms with E-state index in [9.17, 15) is 0 Å². The van der Waals surface area contributed by atoms with Gasteiger partial charge in [-0.1, -0.05) is 0 Å². The van der Waals surface area contributed by atoms with E-state index >= 15 is 0 Å². The molecule has 2 rings (SSSR count). The predicted molar refractivity (Wildman–Crippen MR) is 71.8 cm³/mol. The maximum Gasteiger partial charge on any atom is 0.225 e. The van der Waals surface area contributed by atoms with Crippen LogP contribution in [0.4, 0.5) is 11.8 Å². The number of hydrogen-bond donors (Lipinski definition) is 2. The maximum atomic E-state index is 5.87. The van der Waals surface area contributed by atoms with E-state index in [2.05, 4.69) is 27.2 Å². The summed E-state index contributed by atoms with van der Waals surface area (Å²) in [6.45, 7) is 4.93. The number of piperidine rings is 1. The van der Waals surface area contributed by atoms with E-state index in [4.69, 9.17) is 10.5 Å². The summed E-state index contributed by atoms with van der Waals surface area (Å²) < 4.78 is 5.87. The molecule has 1 aliphatic rings. The lowest BCUT2D eigenvalue weighted by molar-refractivity contribution is 0.110. The number of nitrogens with zero attached hydrogens (tertiary/aromatic N) is 3. The zero-order valence-electron chi connectivity index (χ0n) is 11.0. The van der Waals surface area contributed by atoms with Gasteiger partial charge in [-0.05, 0) is 26.8 Å². The number of anilines is 2. The lowest BCUT2D eigenvalue weighted by atomic mass is 10.1. The SMILES string of the molecule is CCNc1cc(OC2CCN(C)CC2)nc(N)n1. The number of nitrogens with one attached hydrogen (secondary N) is 1. The molecule has 3 N–H and O–H groups in total. The van der Waals surface area contributed by atoms with Gasteiger partial charge in [-0.15, -0.1) is 0 Å². The van der Waals surface area contributed by atoms with E-state index in [-0.39, 0.29) is 12.1 Å². The molecule has 0 aliphatic carbocycles. The van der Waals surface area contributed by atoms with Gasteiger partial charge in [-0.25, -0.2) is 0 Å². The van der Waals surface area contributed by atoms with Gasteiger partial charge in [0.05, 0.1) is 0 Å². The van der Waals surface area contributed by atoms with E-state index in [0.29, 0.717) is 11.7 Å². The monoisotopic (exact) mass is 251 g/mol. The van der Waals surface area contributed by atoms with Gasteiger partial charge in [0.2, 0.25) is 11.8 Å². The maximum absolute atomic E-state index is 5.87. The highest BCUT2D eigenvalue weighted by atomic mass is 16.5. The molecular formula is C12H21N5O. The minimum absolute atomic E-state index is 0.227. The van der Waals surface area contributed by atoms with Crippen molar-refractivity contribution in [1.29, 1.82) is 0 Å². The summed E-state index contributed by atoms with van der Waals surface area (Å²) in [6, 6.07) is 1.80. The highest BCUT2D eigenvalue weighted by molar-refractivity contribution is 5.42. The topological polar surface area (TPSA) is 76.3 Å². The van der Waals surface area contributed by atoms with E-state index in [0.717, 1.165) is 32.5 Å². The Balaban J connectivity index is 2.00. The molecule has 0 saturated carbocycles. The van der Waals surface area contributed by atoms with Crippen LogP contribution in [0, 0.1) is 0 Å². The number of ether oxygens (including phenoxy) is 1. The molecular weight excluding hydrogens is 230 g/mol. The first-order valence-electron chi connectivity index (χ1n) is 6.41. The van der Waals surface area contributed by atoms with Gasteiger partial charge in [-0.3, -0.25) is 0 Å². The highest BCUT2D eigenvalue weighted by Gasteiger charge is 2.18. The van der Waals surface area contributed by atoms with Gasteiger partial charge in [0.1, 0.15) is 11.9 Å². The van der Waals surface area contributed by atoms with Crippen LogP contribution in [-0.4, -0.2) is 47.7 Å². The molecule has 6 heteroatoms. The van der Waals surface area contributed by atoms with Gasteiger partial charge in [-0.2, -0.15) is 9.97 Å². The zero-order valence-corrected chi connectivity index (χ0v) is 11.0. The molecule has 0 radical (unpaired) electrons. The van der Waals surface area contributed by atoms with Crippen LogP contribution >= 0.6 is 0 Å². The summed E-state index contributed by atoms with van der Waals surface area (Å²) in [6.07, 6.45) is 2.28. The lowest BCUT2D eigenvalue weighted by Crippen LogP contribution is -2.35. The van der Waals surface area contributed by atoms with Crippen molar-refractivity contribution in [3.05, 3.63) is 6.07 Å². The number of aromatic nitrogens is 2. The number of nitrogen functional groups attached to an aromatic ring is 1. The normalized spacial score (nSPS) is 17.7. The van der Waals surface area contributed by atoms with Gasteiger partial charge < -0.3 is 20.7 Å². The Kier molecular flexibility index (Phi) is 4.19. The third kappa shape index (κ3) is 3.46. The highest BCUT2D eigenvalue weighted by Crippen LogP contribution is 2.19. The van der Waals surface area contributed by atoms with E-state index in [1.54, 1.807) is 6.07 Å². The zero-order chi connectivity index (χ0) is 13.0.